The van der Waals surface area contributed by atoms with Crippen molar-refractivity contribution in [1.29, 1.82) is 0 Å². The lowest BCUT2D eigenvalue weighted by molar-refractivity contribution is 0.0696. The number of carbonyl (C=O) groups is 2. The third-order valence-corrected chi connectivity index (χ3v) is 7.22. The summed E-state index contributed by atoms with van der Waals surface area (Å²) >= 11 is 0. The van der Waals surface area contributed by atoms with Gasteiger partial charge in [0.25, 0.3) is 11.8 Å². The highest BCUT2D eigenvalue weighted by atomic mass is 16.2. The molecule has 0 aliphatic carbocycles. The van der Waals surface area contributed by atoms with E-state index in [1.807, 2.05) is 39.6 Å². The van der Waals surface area contributed by atoms with Crippen molar-refractivity contribution < 1.29 is 9.59 Å². The van der Waals surface area contributed by atoms with Gasteiger partial charge in [0.15, 0.2) is 0 Å². The maximum atomic E-state index is 13.4. The third-order valence-electron chi connectivity index (χ3n) is 7.22. The normalized spacial score (nSPS) is 19.2. The topological polar surface area (TPSA) is 58.4 Å². The van der Waals surface area contributed by atoms with Crippen molar-refractivity contribution in [3.8, 4) is 0 Å². The van der Waals surface area contributed by atoms with Gasteiger partial charge in [-0.25, -0.2) is 0 Å². The van der Waals surface area contributed by atoms with E-state index in [0.29, 0.717) is 12.1 Å². The highest BCUT2D eigenvalue weighted by Gasteiger charge is 2.28. The van der Waals surface area contributed by atoms with Gasteiger partial charge in [0.05, 0.1) is 5.56 Å². The van der Waals surface area contributed by atoms with E-state index in [-0.39, 0.29) is 17.7 Å². The summed E-state index contributed by atoms with van der Waals surface area (Å²) in [6.45, 7) is 5.18. The van der Waals surface area contributed by atoms with Crippen molar-refractivity contribution in [2.75, 3.05) is 26.2 Å². The molecule has 2 saturated heterocycles. The number of hydrogen-bond acceptors (Lipinski definition) is 3. The Morgan fingerprint density at radius 1 is 0.909 bits per heavy atom. The summed E-state index contributed by atoms with van der Waals surface area (Å²) in [4.78, 5) is 34.7. The first-order valence-electron chi connectivity index (χ1n) is 12.1. The Kier molecular flexibility index (Phi) is 5.92. The molecule has 6 nitrogen and oxygen atoms in total. The fourth-order valence-corrected chi connectivity index (χ4v) is 5.29. The third kappa shape index (κ3) is 4.26. The summed E-state index contributed by atoms with van der Waals surface area (Å²) in [7, 11) is 1.96. The SMILES string of the molecule is Cc1ccc2c(c1)cc(C(=O)N1CCCC(c3ccc(C(=O)N4CCCCC4)cn3)C1)n2C. The molecule has 0 bridgehead atoms. The van der Waals surface area contributed by atoms with Gasteiger partial charge in [0, 0.05) is 61.9 Å². The molecule has 2 aliphatic rings. The van der Waals surface area contributed by atoms with Crippen LogP contribution in [0.3, 0.4) is 0 Å². The molecule has 0 spiro atoms. The van der Waals surface area contributed by atoms with Crippen LogP contribution in [0.4, 0.5) is 0 Å². The van der Waals surface area contributed by atoms with Crippen LogP contribution in [0, 0.1) is 6.92 Å². The smallest absolute Gasteiger partial charge is 0.270 e. The molecular weight excluding hydrogens is 412 g/mol. The number of rotatable bonds is 3. The van der Waals surface area contributed by atoms with Gasteiger partial charge in [-0.1, -0.05) is 11.6 Å². The predicted octanol–water partition coefficient (Wildman–Crippen LogP) is 4.53. The molecule has 0 saturated carbocycles. The van der Waals surface area contributed by atoms with Crippen LogP contribution < -0.4 is 0 Å². The number of piperidine rings is 2. The first-order valence-corrected chi connectivity index (χ1v) is 12.1. The molecule has 5 rings (SSSR count). The highest BCUT2D eigenvalue weighted by Crippen LogP contribution is 2.28. The van der Waals surface area contributed by atoms with E-state index >= 15 is 0 Å². The molecule has 2 fully saturated rings. The van der Waals surface area contributed by atoms with E-state index in [2.05, 4.69) is 30.1 Å². The summed E-state index contributed by atoms with van der Waals surface area (Å²) in [5, 5.41) is 1.10. The average molecular weight is 445 g/mol. The fraction of sp³-hybridized carbons (Fsp3) is 0.444. The van der Waals surface area contributed by atoms with Crippen molar-refractivity contribution in [2.45, 2.75) is 44.9 Å². The standard InChI is InChI=1S/C27H32N4O2/c1-19-8-11-24-22(15-19)16-25(29(24)2)27(33)31-14-6-7-21(18-31)23-10-9-20(17-28-23)26(32)30-12-4-3-5-13-30/h8-11,15-17,21H,3-7,12-14,18H2,1-2H3. The van der Waals surface area contributed by atoms with Crippen LogP contribution >= 0.6 is 0 Å². The number of carbonyl (C=O) groups excluding carboxylic acids is 2. The second kappa shape index (κ2) is 9.00. The van der Waals surface area contributed by atoms with Gasteiger partial charge in [0.2, 0.25) is 0 Å². The maximum absolute atomic E-state index is 13.4. The van der Waals surface area contributed by atoms with Crippen LogP contribution in [0.1, 0.15) is 70.1 Å². The minimum Gasteiger partial charge on any atom is -0.340 e. The molecule has 6 heteroatoms. The Balaban J connectivity index is 1.30. The molecule has 1 unspecified atom stereocenters. The van der Waals surface area contributed by atoms with Gasteiger partial charge in [0.1, 0.15) is 5.69 Å². The summed E-state index contributed by atoms with van der Waals surface area (Å²) in [5.74, 6) is 0.354. The average Bonchev–Trinajstić information content (AvgIpc) is 3.19. The van der Waals surface area contributed by atoms with E-state index in [1.165, 1.54) is 12.0 Å². The fourth-order valence-electron chi connectivity index (χ4n) is 5.29. The molecule has 4 heterocycles. The van der Waals surface area contributed by atoms with Gasteiger partial charge < -0.3 is 14.4 Å². The lowest BCUT2D eigenvalue weighted by Gasteiger charge is -2.32. The van der Waals surface area contributed by atoms with Crippen LogP contribution in [-0.4, -0.2) is 57.3 Å². The zero-order valence-corrected chi connectivity index (χ0v) is 19.6. The Labute approximate surface area is 195 Å². The highest BCUT2D eigenvalue weighted by molar-refractivity contribution is 5.99. The molecule has 0 radical (unpaired) electrons. The largest absolute Gasteiger partial charge is 0.340 e. The van der Waals surface area contributed by atoms with E-state index < -0.39 is 0 Å². The predicted molar refractivity (Wildman–Crippen MR) is 130 cm³/mol. The molecule has 2 amide bonds. The van der Waals surface area contributed by atoms with Crippen LogP contribution in [0.5, 0.6) is 0 Å². The monoisotopic (exact) mass is 444 g/mol. The van der Waals surface area contributed by atoms with Crippen molar-refractivity contribution in [1.82, 2.24) is 19.4 Å². The van der Waals surface area contributed by atoms with Gasteiger partial charge in [-0.2, -0.15) is 0 Å². The summed E-state index contributed by atoms with van der Waals surface area (Å²) in [6.07, 6.45) is 7.05. The van der Waals surface area contributed by atoms with E-state index in [0.717, 1.165) is 67.6 Å². The Hall–Kier alpha value is -3.15. The van der Waals surface area contributed by atoms with Crippen molar-refractivity contribution >= 4 is 22.7 Å². The quantitative estimate of drug-likeness (QED) is 0.596. The van der Waals surface area contributed by atoms with E-state index in [4.69, 9.17) is 0 Å². The Morgan fingerprint density at radius 2 is 1.70 bits per heavy atom. The molecule has 1 atom stereocenters. The molecule has 3 aromatic rings. The summed E-state index contributed by atoms with van der Waals surface area (Å²) in [6, 6.07) is 12.2. The van der Waals surface area contributed by atoms with Crippen molar-refractivity contribution in [3.63, 3.8) is 0 Å². The van der Waals surface area contributed by atoms with Crippen molar-refractivity contribution in [2.24, 2.45) is 7.05 Å². The summed E-state index contributed by atoms with van der Waals surface area (Å²) in [5.41, 5.74) is 4.63. The van der Waals surface area contributed by atoms with Gasteiger partial charge in [-0.3, -0.25) is 14.6 Å². The van der Waals surface area contributed by atoms with Gasteiger partial charge in [-0.15, -0.1) is 0 Å². The maximum Gasteiger partial charge on any atom is 0.270 e. The number of benzene rings is 1. The second-order valence-corrected chi connectivity index (χ2v) is 9.57. The molecule has 2 aromatic heterocycles. The molecular formula is C27H32N4O2. The number of hydrogen-bond donors (Lipinski definition) is 0. The molecule has 172 valence electrons. The minimum absolute atomic E-state index is 0.0768. The zero-order valence-electron chi connectivity index (χ0n) is 19.6. The summed E-state index contributed by atoms with van der Waals surface area (Å²) < 4.78 is 2.00. The van der Waals surface area contributed by atoms with Crippen molar-refractivity contribution in [3.05, 3.63) is 65.1 Å². The number of pyridine rings is 1. The number of likely N-dealkylation sites (tertiary alicyclic amines) is 2. The van der Waals surface area contributed by atoms with Gasteiger partial charge in [-0.05, 0) is 69.4 Å². The Bertz CT molecular complexity index is 1170. The lowest BCUT2D eigenvalue weighted by atomic mass is 9.93. The number of amides is 2. The number of aromatic nitrogens is 2. The van der Waals surface area contributed by atoms with E-state index in [1.54, 1.807) is 6.20 Å². The van der Waals surface area contributed by atoms with Crippen LogP contribution in [-0.2, 0) is 7.05 Å². The Morgan fingerprint density at radius 3 is 2.45 bits per heavy atom. The molecule has 33 heavy (non-hydrogen) atoms. The van der Waals surface area contributed by atoms with Crippen LogP contribution in [0.15, 0.2) is 42.6 Å². The minimum atomic E-state index is 0.0768. The lowest BCUT2D eigenvalue weighted by Crippen LogP contribution is -2.40. The van der Waals surface area contributed by atoms with E-state index in [9.17, 15) is 9.59 Å². The van der Waals surface area contributed by atoms with Crippen LogP contribution in [0.2, 0.25) is 0 Å². The number of nitrogens with zero attached hydrogens (tertiary/aromatic N) is 4. The molecule has 0 N–H and O–H groups in total. The first-order chi connectivity index (χ1) is 16.0. The molecule has 1 aromatic carbocycles. The number of fused-ring (bicyclic) bond motifs is 1. The molecule has 2 aliphatic heterocycles. The number of aryl methyl sites for hydroxylation is 2. The second-order valence-electron chi connectivity index (χ2n) is 9.57. The van der Waals surface area contributed by atoms with Gasteiger partial charge >= 0.3 is 0 Å². The zero-order chi connectivity index (χ0) is 22.9. The van der Waals surface area contributed by atoms with Crippen LogP contribution in [0.25, 0.3) is 10.9 Å². The first kappa shape index (κ1) is 21.7.